The van der Waals surface area contributed by atoms with Crippen LogP contribution in [0.3, 0.4) is 0 Å². The lowest BCUT2D eigenvalue weighted by Gasteiger charge is -2.22. The fourth-order valence-electron chi connectivity index (χ4n) is 5.39. The SMILES string of the molecule is c1cncc(-c2ccc3c(c2)Oc2cccc4c2c-3cc2oc3cc(-c5cccnc5)ccc3c24)c1. The second-order valence-electron chi connectivity index (χ2n) is 9.09. The van der Waals surface area contributed by atoms with E-state index in [0.29, 0.717) is 0 Å². The normalized spacial score (nSPS) is 12.1. The molecular weight excluding hydrogens is 444 g/mol. The standard InChI is InChI=1S/C32H18N2O2/c1-6-25-31-24-11-9-20(22-5-3-13-34-18-22)15-29(24)36-30(31)16-26-23-10-8-19(21-4-2-12-33-17-21)14-28(23)35-27(7-1)32(25)26/h1-18H. The first-order valence-corrected chi connectivity index (χ1v) is 11.9. The van der Waals surface area contributed by atoms with Gasteiger partial charge in [0.1, 0.15) is 22.7 Å². The molecule has 0 saturated carbocycles. The predicted molar refractivity (Wildman–Crippen MR) is 143 cm³/mol. The summed E-state index contributed by atoms with van der Waals surface area (Å²) < 4.78 is 12.9. The topological polar surface area (TPSA) is 48.2 Å². The van der Waals surface area contributed by atoms with Crippen LogP contribution in [0.25, 0.3) is 66.1 Å². The van der Waals surface area contributed by atoms with Crippen molar-refractivity contribution in [3.05, 3.63) is 110 Å². The minimum absolute atomic E-state index is 0.839. The van der Waals surface area contributed by atoms with Crippen LogP contribution in [0.2, 0.25) is 0 Å². The summed E-state index contributed by atoms with van der Waals surface area (Å²) in [4.78, 5) is 8.53. The molecule has 36 heavy (non-hydrogen) atoms. The third kappa shape index (κ3) is 2.75. The van der Waals surface area contributed by atoms with E-state index in [1.165, 1.54) is 0 Å². The van der Waals surface area contributed by atoms with Gasteiger partial charge in [-0.3, -0.25) is 9.97 Å². The van der Waals surface area contributed by atoms with E-state index < -0.39 is 0 Å². The molecule has 3 aromatic heterocycles. The monoisotopic (exact) mass is 462 g/mol. The molecule has 0 N–H and O–H groups in total. The lowest BCUT2D eigenvalue weighted by molar-refractivity contribution is 0.487. The van der Waals surface area contributed by atoms with Crippen molar-refractivity contribution in [1.82, 2.24) is 9.97 Å². The maximum absolute atomic E-state index is 6.47. The molecule has 0 aliphatic carbocycles. The van der Waals surface area contributed by atoms with E-state index in [-0.39, 0.29) is 0 Å². The molecule has 8 rings (SSSR count). The first kappa shape index (κ1) is 19.4. The quantitative estimate of drug-likeness (QED) is 0.258. The third-order valence-electron chi connectivity index (χ3n) is 7.04. The van der Waals surface area contributed by atoms with Gasteiger partial charge in [-0.05, 0) is 65.0 Å². The van der Waals surface area contributed by atoms with Crippen molar-refractivity contribution >= 4 is 32.7 Å². The van der Waals surface area contributed by atoms with Gasteiger partial charge in [-0.1, -0.05) is 36.4 Å². The van der Waals surface area contributed by atoms with Crippen molar-refractivity contribution in [2.45, 2.75) is 0 Å². The van der Waals surface area contributed by atoms with Gasteiger partial charge in [0, 0.05) is 63.2 Å². The lowest BCUT2D eigenvalue weighted by Crippen LogP contribution is -1.97. The summed E-state index contributed by atoms with van der Waals surface area (Å²) in [7, 11) is 0. The molecular formula is C32H18N2O2. The second kappa shape index (κ2) is 7.27. The Kier molecular flexibility index (Phi) is 3.91. The number of furan rings is 1. The van der Waals surface area contributed by atoms with Gasteiger partial charge in [0.2, 0.25) is 0 Å². The molecule has 0 saturated heterocycles. The Morgan fingerprint density at radius 2 is 1.28 bits per heavy atom. The van der Waals surface area contributed by atoms with Gasteiger partial charge >= 0.3 is 0 Å². The maximum Gasteiger partial charge on any atom is 0.136 e. The van der Waals surface area contributed by atoms with E-state index in [1.54, 1.807) is 12.4 Å². The second-order valence-corrected chi connectivity index (χ2v) is 9.09. The fraction of sp³-hybridized carbons (Fsp3) is 0. The number of ether oxygens (including phenoxy) is 1. The summed E-state index contributed by atoms with van der Waals surface area (Å²) in [5.74, 6) is 1.70. The summed E-state index contributed by atoms with van der Waals surface area (Å²) >= 11 is 0. The van der Waals surface area contributed by atoms with Crippen LogP contribution in [0.15, 0.2) is 114 Å². The largest absolute Gasteiger partial charge is 0.456 e. The Morgan fingerprint density at radius 1 is 0.500 bits per heavy atom. The summed E-state index contributed by atoms with van der Waals surface area (Å²) in [6.07, 6.45) is 7.32. The maximum atomic E-state index is 6.47. The lowest BCUT2D eigenvalue weighted by atomic mass is 9.91. The molecule has 1 aliphatic rings. The first-order chi connectivity index (χ1) is 17.8. The number of hydrogen-bond acceptors (Lipinski definition) is 4. The minimum Gasteiger partial charge on any atom is -0.456 e. The molecule has 0 atom stereocenters. The highest BCUT2D eigenvalue weighted by Crippen LogP contribution is 2.50. The van der Waals surface area contributed by atoms with Gasteiger partial charge in [0.25, 0.3) is 0 Å². The van der Waals surface area contributed by atoms with Crippen LogP contribution in [0.5, 0.6) is 11.5 Å². The van der Waals surface area contributed by atoms with Crippen molar-refractivity contribution in [3.8, 4) is 44.9 Å². The van der Waals surface area contributed by atoms with Crippen molar-refractivity contribution < 1.29 is 9.15 Å². The molecule has 0 bridgehead atoms. The molecule has 168 valence electrons. The number of fused-ring (bicyclic) bond motifs is 6. The van der Waals surface area contributed by atoms with E-state index in [0.717, 1.165) is 77.6 Å². The Morgan fingerprint density at radius 3 is 2.06 bits per heavy atom. The molecule has 0 spiro atoms. The highest BCUT2D eigenvalue weighted by atomic mass is 16.5. The van der Waals surface area contributed by atoms with Crippen LogP contribution >= 0.6 is 0 Å². The van der Waals surface area contributed by atoms with E-state index in [4.69, 9.17) is 9.15 Å². The van der Waals surface area contributed by atoms with E-state index in [2.05, 4.69) is 76.7 Å². The molecule has 4 heterocycles. The van der Waals surface area contributed by atoms with Crippen LogP contribution in [0, 0.1) is 0 Å². The third-order valence-corrected chi connectivity index (χ3v) is 7.04. The van der Waals surface area contributed by atoms with Crippen LogP contribution < -0.4 is 4.74 Å². The number of benzene rings is 4. The van der Waals surface area contributed by atoms with Gasteiger partial charge in [0.05, 0.1) is 0 Å². The van der Waals surface area contributed by atoms with Crippen LogP contribution in [-0.2, 0) is 0 Å². The van der Waals surface area contributed by atoms with Gasteiger partial charge in [-0.15, -0.1) is 0 Å². The number of aromatic nitrogens is 2. The number of rotatable bonds is 2. The van der Waals surface area contributed by atoms with Gasteiger partial charge in [0.15, 0.2) is 0 Å². The Labute approximate surface area is 206 Å². The highest BCUT2D eigenvalue weighted by molar-refractivity contribution is 6.24. The van der Waals surface area contributed by atoms with Gasteiger partial charge in [-0.2, -0.15) is 0 Å². The Bertz CT molecular complexity index is 1960. The molecule has 7 aromatic rings. The van der Waals surface area contributed by atoms with Crippen LogP contribution in [-0.4, -0.2) is 9.97 Å². The Balaban J connectivity index is 1.37. The van der Waals surface area contributed by atoms with Crippen LogP contribution in [0.4, 0.5) is 0 Å². The fourth-order valence-corrected chi connectivity index (χ4v) is 5.39. The number of pyridine rings is 2. The smallest absolute Gasteiger partial charge is 0.136 e. The van der Waals surface area contributed by atoms with Crippen molar-refractivity contribution in [3.63, 3.8) is 0 Å². The molecule has 0 unspecified atom stereocenters. The number of hydrogen-bond donors (Lipinski definition) is 0. The molecule has 4 aromatic carbocycles. The molecule has 0 radical (unpaired) electrons. The zero-order chi connectivity index (χ0) is 23.6. The molecule has 4 heteroatoms. The van der Waals surface area contributed by atoms with Crippen LogP contribution in [0.1, 0.15) is 0 Å². The highest BCUT2D eigenvalue weighted by Gasteiger charge is 2.24. The summed E-state index contributed by atoms with van der Waals surface area (Å²) in [5.41, 5.74) is 8.21. The zero-order valence-electron chi connectivity index (χ0n) is 19.1. The Hall–Kier alpha value is -4.96. The molecule has 0 fully saturated rings. The minimum atomic E-state index is 0.839. The average molecular weight is 463 g/mol. The van der Waals surface area contributed by atoms with Crippen molar-refractivity contribution in [2.75, 3.05) is 0 Å². The summed E-state index contributed by atoms with van der Waals surface area (Å²) in [6, 6.07) is 29.2. The van der Waals surface area contributed by atoms with E-state index >= 15 is 0 Å². The van der Waals surface area contributed by atoms with E-state index in [9.17, 15) is 0 Å². The predicted octanol–water partition coefficient (Wildman–Crippen LogP) is 8.64. The average Bonchev–Trinajstić information content (AvgIpc) is 3.32. The van der Waals surface area contributed by atoms with Crippen molar-refractivity contribution in [2.24, 2.45) is 0 Å². The summed E-state index contributed by atoms with van der Waals surface area (Å²) in [5, 5.41) is 4.46. The van der Waals surface area contributed by atoms with E-state index in [1.807, 2.05) is 30.6 Å². The first-order valence-electron chi connectivity index (χ1n) is 11.9. The zero-order valence-corrected chi connectivity index (χ0v) is 19.1. The number of nitrogens with zero attached hydrogens (tertiary/aromatic N) is 2. The molecule has 0 amide bonds. The van der Waals surface area contributed by atoms with Crippen molar-refractivity contribution in [1.29, 1.82) is 0 Å². The van der Waals surface area contributed by atoms with Gasteiger partial charge in [-0.25, -0.2) is 0 Å². The summed E-state index contributed by atoms with van der Waals surface area (Å²) in [6.45, 7) is 0. The molecule has 4 nitrogen and oxygen atoms in total. The molecule has 1 aliphatic heterocycles. The van der Waals surface area contributed by atoms with Gasteiger partial charge < -0.3 is 9.15 Å².